The van der Waals surface area contributed by atoms with Crippen molar-refractivity contribution in [2.24, 2.45) is 0 Å². The van der Waals surface area contributed by atoms with E-state index in [9.17, 15) is 9.59 Å². The molecule has 3 N–H and O–H groups in total. The number of hydrogen-bond donors (Lipinski definition) is 3. The lowest BCUT2D eigenvalue weighted by atomic mass is 10.1. The zero-order chi connectivity index (χ0) is 14.4. The predicted octanol–water partition coefficient (Wildman–Crippen LogP) is 1.27. The molecule has 5 heteroatoms. The van der Waals surface area contributed by atoms with E-state index in [4.69, 9.17) is 0 Å². The van der Waals surface area contributed by atoms with Crippen molar-refractivity contribution in [1.29, 1.82) is 0 Å². The fourth-order valence-electron chi connectivity index (χ4n) is 2.29. The first-order valence-corrected chi connectivity index (χ1v) is 7.04. The van der Waals surface area contributed by atoms with E-state index in [2.05, 4.69) is 16.0 Å². The first-order valence-electron chi connectivity index (χ1n) is 7.04. The van der Waals surface area contributed by atoms with Gasteiger partial charge in [-0.15, -0.1) is 0 Å². The third kappa shape index (κ3) is 4.35. The van der Waals surface area contributed by atoms with Crippen molar-refractivity contribution in [1.82, 2.24) is 10.6 Å². The van der Waals surface area contributed by atoms with Crippen LogP contribution in [-0.2, 0) is 9.59 Å². The average molecular weight is 275 g/mol. The van der Waals surface area contributed by atoms with Gasteiger partial charge in [0, 0.05) is 18.2 Å². The number of carbonyl (C=O) groups excluding carboxylic acids is 2. The van der Waals surface area contributed by atoms with Crippen molar-refractivity contribution in [3.05, 3.63) is 30.3 Å². The van der Waals surface area contributed by atoms with Gasteiger partial charge in [0.15, 0.2) is 0 Å². The maximum absolute atomic E-state index is 11.9. The van der Waals surface area contributed by atoms with Gasteiger partial charge in [-0.1, -0.05) is 18.2 Å². The van der Waals surface area contributed by atoms with Gasteiger partial charge in [-0.3, -0.25) is 9.59 Å². The molecule has 0 radical (unpaired) electrons. The minimum absolute atomic E-state index is 0.0832. The van der Waals surface area contributed by atoms with E-state index in [1.807, 2.05) is 30.3 Å². The van der Waals surface area contributed by atoms with Gasteiger partial charge in [0.2, 0.25) is 11.8 Å². The van der Waals surface area contributed by atoms with E-state index >= 15 is 0 Å². The molecule has 1 saturated heterocycles. The van der Waals surface area contributed by atoms with Crippen molar-refractivity contribution in [3.63, 3.8) is 0 Å². The largest absolute Gasteiger partial charge is 0.345 e. The van der Waals surface area contributed by atoms with Gasteiger partial charge in [-0.25, -0.2) is 0 Å². The molecule has 0 spiro atoms. The van der Waals surface area contributed by atoms with Gasteiger partial charge in [-0.05, 0) is 38.4 Å². The first kappa shape index (κ1) is 14.5. The molecule has 0 aliphatic carbocycles. The van der Waals surface area contributed by atoms with Crippen molar-refractivity contribution in [3.8, 4) is 0 Å². The van der Waals surface area contributed by atoms with Gasteiger partial charge in [-0.2, -0.15) is 0 Å². The highest BCUT2D eigenvalue weighted by Gasteiger charge is 2.20. The highest BCUT2D eigenvalue weighted by molar-refractivity contribution is 5.96. The second-order valence-electron chi connectivity index (χ2n) is 5.14. The standard InChI is InChI=1S/C15H21N3O2/c1-11(15(20)18-12-6-3-2-4-7-12)17-14(19)10-13-8-5-9-16-13/h2-4,6-7,11,13,16H,5,8-10H2,1H3,(H,17,19)(H,18,20). The lowest BCUT2D eigenvalue weighted by Crippen LogP contribution is -2.43. The molecule has 0 bridgehead atoms. The Morgan fingerprint density at radius 1 is 1.35 bits per heavy atom. The summed E-state index contributed by atoms with van der Waals surface area (Å²) in [5, 5.41) is 8.78. The number of hydrogen-bond acceptors (Lipinski definition) is 3. The first-order chi connectivity index (χ1) is 9.65. The number of rotatable bonds is 5. The maximum Gasteiger partial charge on any atom is 0.246 e. The normalized spacial score (nSPS) is 19.4. The molecule has 1 aromatic carbocycles. The summed E-state index contributed by atoms with van der Waals surface area (Å²) >= 11 is 0. The summed E-state index contributed by atoms with van der Waals surface area (Å²) in [4.78, 5) is 23.8. The van der Waals surface area contributed by atoms with Gasteiger partial charge in [0.05, 0.1) is 0 Å². The fraction of sp³-hybridized carbons (Fsp3) is 0.467. The summed E-state index contributed by atoms with van der Waals surface area (Å²) in [5.41, 5.74) is 0.732. The molecular formula is C15H21N3O2. The van der Waals surface area contributed by atoms with Crippen molar-refractivity contribution >= 4 is 17.5 Å². The zero-order valence-corrected chi connectivity index (χ0v) is 11.7. The Morgan fingerprint density at radius 2 is 2.10 bits per heavy atom. The molecule has 2 rings (SSSR count). The lowest BCUT2D eigenvalue weighted by Gasteiger charge is -2.16. The van der Waals surface area contributed by atoms with E-state index in [0.717, 1.165) is 25.1 Å². The summed E-state index contributed by atoms with van der Waals surface area (Å²) < 4.78 is 0. The minimum Gasteiger partial charge on any atom is -0.345 e. The quantitative estimate of drug-likeness (QED) is 0.758. The molecule has 0 aromatic heterocycles. The number of nitrogens with one attached hydrogen (secondary N) is 3. The summed E-state index contributed by atoms with van der Waals surface area (Å²) in [6.07, 6.45) is 2.57. The van der Waals surface area contributed by atoms with Gasteiger partial charge in [0.1, 0.15) is 6.04 Å². The van der Waals surface area contributed by atoms with Crippen LogP contribution in [0.15, 0.2) is 30.3 Å². The van der Waals surface area contributed by atoms with Gasteiger partial charge < -0.3 is 16.0 Å². The second-order valence-corrected chi connectivity index (χ2v) is 5.14. The number of para-hydroxylation sites is 1. The summed E-state index contributed by atoms with van der Waals surface area (Å²) in [6, 6.07) is 8.93. The van der Waals surface area contributed by atoms with Crippen LogP contribution in [0.2, 0.25) is 0 Å². The lowest BCUT2D eigenvalue weighted by molar-refractivity contribution is -0.126. The van der Waals surface area contributed by atoms with E-state index < -0.39 is 6.04 Å². The molecule has 1 aliphatic rings. The molecule has 1 heterocycles. The third-order valence-corrected chi connectivity index (χ3v) is 3.41. The van der Waals surface area contributed by atoms with Crippen LogP contribution in [-0.4, -0.2) is 30.4 Å². The average Bonchev–Trinajstić information content (AvgIpc) is 2.92. The van der Waals surface area contributed by atoms with E-state index in [0.29, 0.717) is 6.42 Å². The number of amides is 2. The van der Waals surface area contributed by atoms with Crippen LogP contribution in [0, 0.1) is 0 Å². The molecule has 2 amide bonds. The second kappa shape index (κ2) is 7.05. The summed E-state index contributed by atoms with van der Waals surface area (Å²) in [6.45, 7) is 2.67. The minimum atomic E-state index is -0.538. The third-order valence-electron chi connectivity index (χ3n) is 3.41. The SMILES string of the molecule is CC(NC(=O)CC1CCCN1)C(=O)Nc1ccccc1. The van der Waals surface area contributed by atoms with Crippen LogP contribution >= 0.6 is 0 Å². The van der Waals surface area contributed by atoms with Gasteiger partial charge >= 0.3 is 0 Å². The fourth-order valence-corrected chi connectivity index (χ4v) is 2.29. The molecule has 2 unspecified atom stereocenters. The molecule has 1 fully saturated rings. The summed E-state index contributed by atoms with van der Waals surface area (Å²) in [7, 11) is 0. The Kier molecular flexibility index (Phi) is 5.12. The molecule has 20 heavy (non-hydrogen) atoms. The molecule has 2 atom stereocenters. The Hall–Kier alpha value is -1.88. The number of carbonyl (C=O) groups is 2. The van der Waals surface area contributed by atoms with Crippen LogP contribution in [0.1, 0.15) is 26.2 Å². The van der Waals surface area contributed by atoms with Crippen molar-refractivity contribution in [2.45, 2.75) is 38.3 Å². The number of benzene rings is 1. The highest BCUT2D eigenvalue weighted by Crippen LogP contribution is 2.09. The Bertz CT molecular complexity index is 455. The predicted molar refractivity (Wildman–Crippen MR) is 78.3 cm³/mol. The Balaban J connectivity index is 1.77. The highest BCUT2D eigenvalue weighted by atomic mass is 16.2. The monoisotopic (exact) mass is 275 g/mol. The number of anilines is 1. The van der Waals surface area contributed by atoms with Crippen LogP contribution in [0.25, 0.3) is 0 Å². The molecule has 5 nitrogen and oxygen atoms in total. The van der Waals surface area contributed by atoms with E-state index in [1.54, 1.807) is 6.92 Å². The molecule has 108 valence electrons. The molecular weight excluding hydrogens is 254 g/mol. The van der Waals surface area contributed by atoms with E-state index in [1.165, 1.54) is 0 Å². The van der Waals surface area contributed by atoms with Crippen LogP contribution in [0.4, 0.5) is 5.69 Å². The van der Waals surface area contributed by atoms with E-state index in [-0.39, 0.29) is 17.9 Å². The van der Waals surface area contributed by atoms with Crippen LogP contribution in [0.5, 0.6) is 0 Å². The maximum atomic E-state index is 11.9. The Labute approximate surface area is 119 Å². The van der Waals surface area contributed by atoms with Crippen LogP contribution in [0.3, 0.4) is 0 Å². The molecule has 1 aliphatic heterocycles. The van der Waals surface area contributed by atoms with Crippen LogP contribution < -0.4 is 16.0 Å². The van der Waals surface area contributed by atoms with Crippen molar-refractivity contribution in [2.75, 3.05) is 11.9 Å². The summed E-state index contributed by atoms with van der Waals surface area (Å²) in [5.74, 6) is -0.288. The van der Waals surface area contributed by atoms with Gasteiger partial charge in [0.25, 0.3) is 0 Å². The smallest absolute Gasteiger partial charge is 0.246 e. The van der Waals surface area contributed by atoms with Crippen molar-refractivity contribution < 1.29 is 9.59 Å². The molecule has 1 aromatic rings. The topological polar surface area (TPSA) is 70.2 Å². The zero-order valence-electron chi connectivity index (χ0n) is 11.7. The molecule has 0 saturated carbocycles. The Morgan fingerprint density at radius 3 is 2.75 bits per heavy atom.